The minimum absolute atomic E-state index is 0.222. The Kier molecular flexibility index (Phi) is 8.64. The lowest BCUT2D eigenvalue weighted by Crippen LogP contribution is -2.38. The van der Waals surface area contributed by atoms with Gasteiger partial charge in [0.15, 0.2) is 0 Å². The fourth-order valence-electron chi connectivity index (χ4n) is 3.45. The third-order valence-electron chi connectivity index (χ3n) is 5.08. The van der Waals surface area contributed by atoms with Crippen LogP contribution >= 0.6 is 23.2 Å². The van der Waals surface area contributed by atoms with E-state index in [4.69, 9.17) is 23.2 Å². The third kappa shape index (κ3) is 7.27. The Labute approximate surface area is 206 Å². The second kappa shape index (κ2) is 11.4. The van der Waals surface area contributed by atoms with E-state index in [1.165, 1.54) is 23.1 Å². The van der Waals surface area contributed by atoms with Crippen LogP contribution in [0.25, 0.3) is 6.08 Å². The van der Waals surface area contributed by atoms with Gasteiger partial charge in [-0.1, -0.05) is 83.4 Å². The fraction of sp³-hybridized carbons (Fsp3) is 0.192. The first-order valence-electron chi connectivity index (χ1n) is 10.5. The highest BCUT2D eigenvalue weighted by atomic mass is 35.5. The predicted molar refractivity (Wildman–Crippen MR) is 132 cm³/mol. The molecule has 34 heavy (non-hydrogen) atoms. The van der Waals surface area contributed by atoms with E-state index in [9.17, 15) is 18.0 Å². The molecule has 0 spiro atoms. The summed E-state index contributed by atoms with van der Waals surface area (Å²) in [6.07, 6.45) is -2.25. The maximum atomic E-state index is 13.4. The molecule has 0 aromatic heterocycles. The molecule has 3 nitrogen and oxygen atoms in total. The molecule has 3 aromatic carbocycles. The molecule has 0 saturated heterocycles. The Morgan fingerprint density at radius 2 is 1.68 bits per heavy atom. The van der Waals surface area contributed by atoms with Crippen molar-refractivity contribution < 1.29 is 18.0 Å². The van der Waals surface area contributed by atoms with Crippen LogP contribution < -0.4 is 5.32 Å². The van der Waals surface area contributed by atoms with Gasteiger partial charge in [0.05, 0.1) is 11.3 Å². The minimum atomic E-state index is -4.59. The summed E-state index contributed by atoms with van der Waals surface area (Å²) in [5, 5.41) is 3.39. The summed E-state index contributed by atoms with van der Waals surface area (Å²) in [5.41, 5.74) is 1.42. The number of amides is 2. The van der Waals surface area contributed by atoms with Crippen molar-refractivity contribution in [2.75, 3.05) is 18.4 Å². The zero-order valence-corrected chi connectivity index (χ0v) is 19.9. The van der Waals surface area contributed by atoms with Crippen molar-refractivity contribution in [2.24, 2.45) is 0 Å². The number of nitrogens with one attached hydrogen (secondary N) is 1. The van der Waals surface area contributed by atoms with Crippen LogP contribution in [0.2, 0.25) is 10.0 Å². The van der Waals surface area contributed by atoms with E-state index in [-0.39, 0.29) is 18.8 Å². The van der Waals surface area contributed by atoms with Gasteiger partial charge in [0.25, 0.3) is 0 Å². The molecular weight excluding hydrogens is 484 g/mol. The van der Waals surface area contributed by atoms with Gasteiger partial charge in [-0.2, -0.15) is 13.2 Å². The van der Waals surface area contributed by atoms with E-state index in [1.807, 2.05) is 43.3 Å². The number of benzene rings is 3. The number of halogens is 5. The lowest BCUT2D eigenvalue weighted by atomic mass is 10.1. The summed E-state index contributed by atoms with van der Waals surface area (Å²) in [7, 11) is 0. The van der Waals surface area contributed by atoms with Crippen LogP contribution in [-0.4, -0.2) is 24.0 Å². The highest BCUT2D eigenvalue weighted by Crippen LogP contribution is 2.34. The molecule has 0 aliphatic heterocycles. The van der Waals surface area contributed by atoms with Gasteiger partial charge in [-0.25, -0.2) is 4.79 Å². The standard InChI is InChI=1S/C26H23Cl2F3N2O/c1-18(15-19-7-3-2-4-8-19)17-33(14-13-20-11-12-21(27)16-23(20)28)25(34)32-24-10-6-5-9-22(24)26(29,30)31/h2-12,15-16H,13-14,17H2,1H3,(H,32,34)/b18-15+. The second-order valence-electron chi connectivity index (χ2n) is 7.78. The normalized spacial score (nSPS) is 11.9. The molecule has 0 unspecified atom stereocenters. The van der Waals surface area contributed by atoms with Gasteiger partial charge in [-0.15, -0.1) is 0 Å². The van der Waals surface area contributed by atoms with E-state index in [2.05, 4.69) is 5.32 Å². The zero-order chi connectivity index (χ0) is 24.7. The Bertz CT molecular complexity index is 1160. The molecule has 0 radical (unpaired) electrons. The van der Waals surface area contributed by atoms with Gasteiger partial charge < -0.3 is 10.2 Å². The molecule has 178 valence electrons. The number of carbonyl (C=O) groups excluding carboxylic acids is 1. The van der Waals surface area contributed by atoms with Crippen LogP contribution in [0.5, 0.6) is 0 Å². The molecular formula is C26H23Cl2F3N2O. The summed E-state index contributed by atoms with van der Waals surface area (Å²) in [6, 6.07) is 18.9. The first kappa shape index (κ1) is 25.7. The molecule has 8 heteroatoms. The molecule has 1 N–H and O–H groups in total. The topological polar surface area (TPSA) is 32.3 Å². The predicted octanol–water partition coefficient (Wildman–Crippen LogP) is 8.19. The van der Waals surface area contributed by atoms with Crippen LogP contribution in [0.4, 0.5) is 23.7 Å². The Morgan fingerprint density at radius 1 is 1.00 bits per heavy atom. The average Bonchev–Trinajstić information content (AvgIpc) is 2.78. The molecule has 0 heterocycles. The molecule has 0 aliphatic carbocycles. The molecule has 0 atom stereocenters. The van der Waals surface area contributed by atoms with Gasteiger partial charge in [-0.05, 0) is 48.7 Å². The lowest BCUT2D eigenvalue weighted by molar-refractivity contribution is -0.136. The van der Waals surface area contributed by atoms with Crippen molar-refractivity contribution in [3.05, 3.63) is 105 Å². The summed E-state index contributed by atoms with van der Waals surface area (Å²) >= 11 is 12.2. The Morgan fingerprint density at radius 3 is 2.35 bits per heavy atom. The monoisotopic (exact) mass is 506 g/mol. The number of anilines is 1. The fourth-order valence-corrected chi connectivity index (χ4v) is 3.95. The van der Waals surface area contributed by atoms with Gasteiger partial charge in [0.2, 0.25) is 0 Å². The van der Waals surface area contributed by atoms with Crippen LogP contribution in [0.3, 0.4) is 0 Å². The van der Waals surface area contributed by atoms with E-state index < -0.39 is 17.8 Å². The quantitative estimate of drug-likeness (QED) is 0.344. The SMILES string of the molecule is C/C(=C\c1ccccc1)CN(CCc1ccc(Cl)cc1Cl)C(=O)Nc1ccccc1C(F)(F)F. The number of urea groups is 1. The van der Waals surface area contributed by atoms with Gasteiger partial charge in [0.1, 0.15) is 0 Å². The van der Waals surface area contributed by atoms with Crippen molar-refractivity contribution in [3.63, 3.8) is 0 Å². The molecule has 3 rings (SSSR count). The molecule has 0 bridgehead atoms. The molecule has 0 fully saturated rings. The largest absolute Gasteiger partial charge is 0.418 e. The molecule has 3 aromatic rings. The van der Waals surface area contributed by atoms with Crippen LogP contribution in [0.15, 0.2) is 78.4 Å². The number of para-hydroxylation sites is 1. The second-order valence-corrected chi connectivity index (χ2v) is 8.63. The van der Waals surface area contributed by atoms with E-state index in [0.29, 0.717) is 16.5 Å². The zero-order valence-electron chi connectivity index (χ0n) is 18.4. The first-order chi connectivity index (χ1) is 16.1. The minimum Gasteiger partial charge on any atom is -0.320 e. The lowest BCUT2D eigenvalue weighted by Gasteiger charge is -2.25. The smallest absolute Gasteiger partial charge is 0.320 e. The maximum absolute atomic E-state index is 13.4. The van der Waals surface area contributed by atoms with Gasteiger partial charge >= 0.3 is 12.2 Å². The van der Waals surface area contributed by atoms with Crippen molar-refractivity contribution in [1.82, 2.24) is 4.90 Å². The summed E-state index contributed by atoms with van der Waals surface area (Å²) < 4.78 is 40.2. The first-order valence-corrected chi connectivity index (χ1v) is 11.3. The number of hydrogen-bond acceptors (Lipinski definition) is 1. The van der Waals surface area contributed by atoms with Crippen LogP contribution in [0, 0.1) is 0 Å². The number of rotatable bonds is 7. The van der Waals surface area contributed by atoms with Crippen molar-refractivity contribution in [3.8, 4) is 0 Å². The number of alkyl halides is 3. The third-order valence-corrected chi connectivity index (χ3v) is 5.67. The summed E-state index contributed by atoms with van der Waals surface area (Å²) in [6.45, 7) is 2.33. The van der Waals surface area contributed by atoms with Gasteiger partial charge in [0, 0.05) is 23.1 Å². The summed E-state index contributed by atoms with van der Waals surface area (Å²) in [5.74, 6) is 0. The average molecular weight is 507 g/mol. The highest BCUT2D eigenvalue weighted by Gasteiger charge is 2.34. The number of carbonyl (C=O) groups is 1. The van der Waals surface area contributed by atoms with Crippen LogP contribution in [-0.2, 0) is 12.6 Å². The summed E-state index contributed by atoms with van der Waals surface area (Å²) in [4.78, 5) is 14.6. The Hall–Kier alpha value is -2.96. The van der Waals surface area contributed by atoms with Gasteiger partial charge in [-0.3, -0.25) is 0 Å². The van der Waals surface area contributed by atoms with E-state index in [0.717, 1.165) is 22.8 Å². The van der Waals surface area contributed by atoms with Crippen molar-refractivity contribution >= 4 is 41.0 Å². The number of hydrogen-bond donors (Lipinski definition) is 1. The van der Waals surface area contributed by atoms with Crippen LogP contribution in [0.1, 0.15) is 23.6 Å². The van der Waals surface area contributed by atoms with E-state index >= 15 is 0 Å². The maximum Gasteiger partial charge on any atom is 0.418 e. The molecule has 2 amide bonds. The molecule has 0 aliphatic rings. The molecule has 0 saturated carbocycles. The van der Waals surface area contributed by atoms with Crippen molar-refractivity contribution in [1.29, 1.82) is 0 Å². The highest BCUT2D eigenvalue weighted by molar-refractivity contribution is 6.35. The van der Waals surface area contributed by atoms with Crippen molar-refractivity contribution in [2.45, 2.75) is 19.5 Å². The Balaban J connectivity index is 1.83. The number of nitrogens with zero attached hydrogens (tertiary/aromatic N) is 1. The van der Waals surface area contributed by atoms with E-state index in [1.54, 1.807) is 18.2 Å².